The van der Waals surface area contributed by atoms with E-state index in [9.17, 15) is 18.0 Å². The summed E-state index contributed by atoms with van der Waals surface area (Å²) >= 11 is 1.55. The van der Waals surface area contributed by atoms with Crippen LogP contribution >= 0.6 is 11.8 Å². The van der Waals surface area contributed by atoms with Gasteiger partial charge in [0, 0.05) is 23.5 Å². The van der Waals surface area contributed by atoms with E-state index in [1.165, 1.54) is 12.1 Å². The number of nitrogens with one attached hydrogen (secondary N) is 1. The zero-order valence-corrected chi connectivity index (χ0v) is 15.1. The fourth-order valence-electron chi connectivity index (χ4n) is 2.58. The highest BCUT2D eigenvalue weighted by atomic mass is 32.2. The van der Waals surface area contributed by atoms with E-state index in [1.54, 1.807) is 30.0 Å². The van der Waals surface area contributed by atoms with Crippen molar-refractivity contribution in [3.05, 3.63) is 54.1 Å². The molecule has 8 heteroatoms. The summed E-state index contributed by atoms with van der Waals surface area (Å²) in [6.45, 7) is -0.191. The third-order valence-electron chi connectivity index (χ3n) is 3.81. The Hall–Kier alpha value is -2.32. The van der Waals surface area contributed by atoms with E-state index in [2.05, 4.69) is 5.32 Å². The van der Waals surface area contributed by atoms with Gasteiger partial charge in [0.25, 0.3) is 15.9 Å². The normalized spacial score (nSPS) is 15.1. The Morgan fingerprint density at radius 1 is 1.16 bits per heavy atom. The highest BCUT2D eigenvalue weighted by molar-refractivity contribution is 7.98. The molecule has 1 heterocycles. The minimum absolute atomic E-state index is 0.00641. The molecule has 0 aromatic heterocycles. The van der Waals surface area contributed by atoms with E-state index in [1.807, 2.05) is 24.5 Å². The van der Waals surface area contributed by atoms with Crippen molar-refractivity contribution in [2.75, 3.05) is 18.1 Å². The van der Waals surface area contributed by atoms with E-state index in [4.69, 9.17) is 0 Å². The lowest BCUT2D eigenvalue weighted by Gasteiger charge is -2.14. The fraction of sp³-hybridized carbons (Fsp3) is 0.176. The van der Waals surface area contributed by atoms with Crippen LogP contribution in [0.2, 0.25) is 0 Å². The Labute approximate surface area is 150 Å². The number of carbonyl (C=O) groups excluding carboxylic acids is 2. The van der Waals surface area contributed by atoms with Crippen molar-refractivity contribution in [1.29, 1.82) is 0 Å². The van der Waals surface area contributed by atoms with Crippen LogP contribution in [0.3, 0.4) is 0 Å². The van der Waals surface area contributed by atoms with Gasteiger partial charge >= 0.3 is 0 Å². The molecule has 1 aliphatic heterocycles. The molecular formula is C17H16N2O4S2. The summed E-state index contributed by atoms with van der Waals surface area (Å²) in [5, 5.41) is 2.72. The van der Waals surface area contributed by atoms with Crippen molar-refractivity contribution in [1.82, 2.24) is 4.31 Å². The average molecular weight is 376 g/mol. The van der Waals surface area contributed by atoms with E-state index in [0.717, 1.165) is 9.20 Å². The molecule has 0 fully saturated rings. The van der Waals surface area contributed by atoms with Crippen molar-refractivity contribution in [3.63, 3.8) is 0 Å². The predicted molar refractivity (Wildman–Crippen MR) is 96.1 cm³/mol. The Bertz CT molecular complexity index is 941. The maximum Gasteiger partial charge on any atom is 0.269 e. The van der Waals surface area contributed by atoms with E-state index < -0.39 is 15.9 Å². The Kier molecular flexibility index (Phi) is 4.82. The number of fused-ring (bicyclic) bond motifs is 1. The SMILES string of the molecule is CSc1cccc(NC(=O)CCN2C(=O)c3ccccc3S2(=O)=O)c1. The van der Waals surface area contributed by atoms with Crippen LogP contribution in [0.5, 0.6) is 0 Å². The molecule has 1 N–H and O–H groups in total. The number of benzene rings is 2. The van der Waals surface area contributed by atoms with Gasteiger partial charge in [-0.25, -0.2) is 12.7 Å². The highest BCUT2D eigenvalue weighted by Crippen LogP contribution is 2.29. The summed E-state index contributed by atoms with van der Waals surface area (Å²) in [6.07, 6.45) is 1.82. The Morgan fingerprint density at radius 2 is 1.92 bits per heavy atom. The summed E-state index contributed by atoms with van der Waals surface area (Å²) in [7, 11) is -3.87. The summed E-state index contributed by atoms with van der Waals surface area (Å²) in [4.78, 5) is 25.4. The molecule has 2 aromatic rings. The first-order valence-electron chi connectivity index (χ1n) is 7.53. The van der Waals surface area contributed by atoms with Gasteiger partial charge in [0.15, 0.2) is 0 Å². The van der Waals surface area contributed by atoms with Crippen molar-refractivity contribution < 1.29 is 18.0 Å². The second-order valence-electron chi connectivity index (χ2n) is 5.41. The number of thioether (sulfide) groups is 1. The summed E-state index contributed by atoms with van der Waals surface area (Å²) in [6, 6.07) is 13.4. The molecule has 0 atom stereocenters. The summed E-state index contributed by atoms with van der Waals surface area (Å²) in [5.41, 5.74) is 0.784. The zero-order valence-electron chi connectivity index (χ0n) is 13.4. The third-order valence-corrected chi connectivity index (χ3v) is 6.37. The van der Waals surface area contributed by atoms with Crippen molar-refractivity contribution in [3.8, 4) is 0 Å². The van der Waals surface area contributed by atoms with Crippen LogP contribution in [0, 0.1) is 0 Å². The maximum absolute atomic E-state index is 12.4. The van der Waals surface area contributed by atoms with E-state index in [0.29, 0.717) is 5.69 Å². The molecule has 130 valence electrons. The summed E-state index contributed by atoms with van der Waals surface area (Å²) in [5.74, 6) is -0.940. The molecule has 6 nitrogen and oxygen atoms in total. The molecule has 2 amide bonds. The van der Waals surface area contributed by atoms with E-state index >= 15 is 0 Å². The molecule has 0 saturated carbocycles. The molecule has 2 aromatic carbocycles. The smallest absolute Gasteiger partial charge is 0.269 e. The number of sulfonamides is 1. The standard InChI is InChI=1S/C17H16N2O4S2/c1-24-13-6-4-5-12(11-13)18-16(20)9-10-19-17(21)14-7-2-3-8-15(14)25(19,22)23/h2-8,11H,9-10H2,1H3,(H,18,20). The van der Waals surface area contributed by atoms with Crippen LogP contribution < -0.4 is 5.32 Å². The Morgan fingerprint density at radius 3 is 2.64 bits per heavy atom. The topological polar surface area (TPSA) is 83.6 Å². The first kappa shape index (κ1) is 17.5. The number of hydrogen-bond donors (Lipinski definition) is 1. The monoisotopic (exact) mass is 376 g/mol. The summed E-state index contributed by atoms with van der Waals surface area (Å²) < 4.78 is 25.6. The minimum Gasteiger partial charge on any atom is -0.326 e. The molecule has 0 radical (unpaired) electrons. The maximum atomic E-state index is 12.4. The van der Waals surface area contributed by atoms with Gasteiger partial charge in [0.2, 0.25) is 5.91 Å². The molecule has 1 aliphatic rings. The van der Waals surface area contributed by atoms with Crippen LogP contribution in [0.1, 0.15) is 16.8 Å². The number of amides is 2. The van der Waals surface area contributed by atoms with Gasteiger partial charge in [-0.2, -0.15) is 0 Å². The minimum atomic E-state index is -3.87. The lowest BCUT2D eigenvalue weighted by atomic mass is 10.2. The van der Waals surface area contributed by atoms with Crippen molar-refractivity contribution >= 4 is 39.3 Å². The predicted octanol–water partition coefficient (Wildman–Crippen LogP) is 2.58. The second-order valence-corrected chi connectivity index (χ2v) is 8.12. The molecule has 0 saturated heterocycles. The van der Waals surface area contributed by atoms with Gasteiger partial charge in [0.1, 0.15) is 4.90 Å². The molecule has 0 aliphatic carbocycles. The quantitative estimate of drug-likeness (QED) is 0.811. The highest BCUT2D eigenvalue weighted by Gasteiger charge is 2.40. The van der Waals surface area contributed by atoms with Crippen LogP contribution in [0.25, 0.3) is 0 Å². The number of nitrogens with zero attached hydrogens (tertiary/aromatic N) is 1. The molecule has 3 rings (SSSR count). The van der Waals surface area contributed by atoms with Gasteiger partial charge in [-0.3, -0.25) is 9.59 Å². The lowest BCUT2D eigenvalue weighted by Crippen LogP contribution is -2.33. The number of carbonyl (C=O) groups is 2. The molecule has 25 heavy (non-hydrogen) atoms. The van der Waals surface area contributed by atoms with Gasteiger partial charge in [-0.1, -0.05) is 18.2 Å². The molecule has 0 unspecified atom stereocenters. The first-order chi connectivity index (χ1) is 11.9. The number of rotatable bonds is 5. The lowest BCUT2D eigenvalue weighted by molar-refractivity contribution is -0.116. The van der Waals surface area contributed by atoms with E-state index in [-0.39, 0.29) is 29.3 Å². The van der Waals surface area contributed by atoms with Crippen molar-refractivity contribution in [2.24, 2.45) is 0 Å². The second kappa shape index (κ2) is 6.89. The average Bonchev–Trinajstić information content (AvgIpc) is 2.80. The fourth-order valence-corrected chi connectivity index (χ4v) is 4.61. The van der Waals surface area contributed by atoms with Crippen LogP contribution in [-0.2, 0) is 14.8 Å². The van der Waals surface area contributed by atoms with Gasteiger partial charge in [0.05, 0.1) is 5.56 Å². The van der Waals surface area contributed by atoms with Gasteiger partial charge in [-0.15, -0.1) is 11.8 Å². The number of hydrogen-bond acceptors (Lipinski definition) is 5. The molecule has 0 spiro atoms. The van der Waals surface area contributed by atoms with Crippen molar-refractivity contribution in [2.45, 2.75) is 16.2 Å². The Balaban J connectivity index is 1.68. The van der Waals surface area contributed by atoms with Crippen LogP contribution in [0.15, 0.2) is 58.3 Å². The molecule has 0 bridgehead atoms. The van der Waals surface area contributed by atoms with Gasteiger partial charge in [-0.05, 0) is 36.6 Å². The third kappa shape index (κ3) is 3.40. The zero-order chi connectivity index (χ0) is 18.0. The first-order valence-corrected chi connectivity index (χ1v) is 10.2. The van der Waals surface area contributed by atoms with Gasteiger partial charge < -0.3 is 5.32 Å². The van der Waals surface area contributed by atoms with Crippen LogP contribution in [-0.4, -0.2) is 37.3 Å². The largest absolute Gasteiger partial charge is 0.326 e. The number of anilines is 1. The molecular weight excluding hydrogens is 360 g/mol. The van der Waals surface area contributed by atoms with Crippen LogP contribution in [0.4, 0.5) is 5.69 Å².